The van der Waals surface area contributed by atoms with Gasteiger partial charge in [0, 0.05) is 36.8 Å². The van der Waals surface area contributed by atoms with Crippen LogP contribution in [-0.4, -0.2) is 48.1 Å². The first-order valence-electron chi connectivity index (χ1n) is 8.47. The van der Waals surface area contributed by atoms with Crippen molar-refractivity contribution in [2.75, 3.05) is 20.2 Å². The summed E-state index contributed by atoms with van der Waals surface area (Å²) < 4.78 is 5.42. The second kappa shape index (κ2) is 7.95. The Labute approximate surface area is 152 Å². The Hall–Kier alpha value is -1.96. The maximum absolute atomic E-state index is 12.3. The summed E-state index contributed by atoms with van der Waals surface area (Å²) in [6, 6.07) is 7.73. The molecule has 3 N–H and O–H groups in total. The van der Waals surface area contributed by atoms with Crippen molar-refractivity contribution in [1.29, 1.82) is 0 Å². The number of aromatic nitrogens is 1. The highest BCUT2D eigenvalue weighted by atomic mass is 32.1. The molecule has 1 aliphatic heterocycles. The van der Waals surface area contributed by atoms with Gasteiger partial charge >= 0.3 is 0 Å². The number of para-hydroxylation sites is 1. The molecule has 3 rings (SSSR count). The van der Waals surface area contributed by atoms with Crippen molar-refractivity contribution in [3.8, 4) is 16.3 Å². The third-order valence-corrected chi connectivity index (χ3v) is 5.35. The molecule has 2 aromatic rings. The molecule has 2 atom stereocenters. The largest absolute Gasteiger partial charge is 0.496 e. The van der Waals surface area contributed by atoms with Gasteiger partial charge < -0.3 is 15.8 Å². The predicted octanol–water partition coefficient (Wildman–Crippen LogP) is 1.86. The van der Waals surface area contributed by atoms with Crippen LogP contribution in [0.25, 0.3) is 10.6 Å². The molecule has 0 aliphatic carbocycles. The number of methoxy groups -OCH3 is 1. The maximum atomic E-state index is 12.3. The van der Waals surface area contributed by atoms with Crippen LogP contribution in [0.2, 0.25) is 0 Å². The van der Waals surface area contributed by atoms with Crippen molar-refractivity contribution in [3.63, 3.8) is 0 Å². The average Bonchev–Trinajstić information content (AvgIpc) is 3.22. The van der Waals surface area contributed by atoms with Crippen LogP contribution in [0.15, 0.2) is 30.5 Å². The number of nitrogens with two attached hydrogens (primary N) is 1. The minimum atomic E-state index is -0.160. The zero-order valence-corrected chi connectivity index (χ0v) is 15.4. The standard InChI is InChI=1S/C18H24N4O2S/c1-3-20-17(23)15-8-12(19)10-22(15)11-13-9-21-18(25-13)14-6-4-5-7-16(14)24-2/h4-7,9,12,15H,3,8,10-11,19H2,1-2H3,(H,20,23)/t12-,15-/m0/s1. The van der Waals surface area contributed by atoms with E-state index >= 15 is 0 Å². The van der Waals surface area contributed by atoms with Crippen LogP contribution >= 0.6 is 11.3 Å². The number of thiazole rings is 1. The highest BCUT2D eigenvalue weighted by Crippen LogP contribution is 2.33. The van der Waals surface area contributed by atoms with Gasteiger partial charge in [0.1, 0.15) is 10.8 Å². The van der Waals surface area contributed by atoms with E-state index < -0.39 is 0 Å². The molecule has 0 radical (unpaired) electrons. The highest BCUT2D eigenvalue weighted by Gasteiger charge is 2.35. The molecule has 1 amide bonds. The Morgan fingerprint density at radius 2 is 2.28 bits per heavy atom. The van der Waals surface area contributed by atoms with E-state index in [0.29, 0.717) is 19.5 Å². The second-order valence-electron chi connectivity index (χ2n) is 6.17. The number of likely N-dealkylation sites (N-methyl/N-ethyl adjacent to an activating group) is 1. The lowest BCUT2D eigenvalue weighted by atomic mass is 10.1. The summed E-state index contributed by atoms with van der Waals surface area (Å²) in [6.07, 6.45) is 2.58. The lowest BCUT2D eigenvalue weighted by molar-refractivity contribution is -0.125. The molecule has 25 heavy (non-hydrogen) atoms. The zero-order chi connectivity index (χ0) is 17.8. The monoisotopic (exact) mass is 360 g/mol. The van der Waals surface area contributed by atoms with Gasteiger partial charge in [-0.3, -0.25) is 9.69 Å². The van der Waals surface area contributed by atoms with Crippen LogP contribution in [-0.2, 0) is 11.3 Å². The summed E-state index contributed by atoms with van der Waals surface area (Å²) in [4.78, 5) is 20.1. The Morgan fingerprint density at radius 1 is 1.48 bits per heavy atom. The van der Waals surface area contributed by atoms with Crippen LogP contribution in [0.1, 0.15) is 18.2 Å². The van der Waals surface area contributed by atoms with Crippen molar-refractivity contribution in [1.82, 2.24) is 15.2 Å². The molecular weight excluding hydrogens is 336 g/mol. The summed E-state index contributed by atoms with van der Waals surface area (Å²) in [6.45, 7) is 3.97. The van der Waals surface area contributed by atoms with E-state index in [2.05, 4.69) is 15.2 Å². The molecule has 6 nitrogen and oxygen atoms in total. The topological polar surface area (TPSA) is 80.5 Å². The molecule has 0 spiro atoms. The van der Waals surface area contributed by atoms with Crippen LogP contribution in [0.5, 0.6) is 5.75 Å². The number of nitrogens with one attached hydrogen (secondary N) is 1. The van der Waals surface area contributed by atoms with Crippen molar-refractivity contribution >= 4 is 17.2 Å². The molecule has 7 heteroatoms. The van der Waals surface area contributed by atoms with E-state index in [1.165, 1.54) is 0 Å². The minimum Gasteiger partial charge on any atom is -0.496 e. The molecule has 1 aromatic heterocycles. The van der Waals surface area contributed by atoms with E-state index in [4.69, 9.17) is 10.5 Å². The molecule has 134 valence electrons. The van der Waals surface area contributed by atoms with Crippen LogP contribution in [0.4, 0.5) is 0 Å². The van der Waals surface area contributed by atoms with Crippen molar-refractivity contribution in [3.05, 3.63) is 35.3 Å². The molecule has 0 saturated carbocycles. The van der Waals surface area contributed by atoms with E-state index in [-0.39, 0.29) is 18.0 Å². The smallest absolute Gasteiger partial charge is 0.237 e. The third kappa shape index (κ3) is 4.00. The number of nitrogens with zero attached hydrogens (tertiary/aromatic N) is 2. The van der Waals surface area contributed by atoms with Gasteiger partial charge in [-0.05, 0) is 25.5 Å². The maximum Gasteiger partial charge on any atom is 0.237 e. The first-order valence-corrected chi connectivity index (χ1v) is 9.29. The summed E-state index contributed by atoms with van der Waals surface area (Å²) in [5.74, 6) is 0.872. The van der Waals surface area contributed by atoms with Gasteiger partial charge in [0.05, 0.1) is 18.7 Å². The first-order chi connectivity index (χ1) is 12.1. The quantitative estimate of drug-likeness (QED) is 0.822. The number of hydrogen-bond acceptors (Lipinski definition) is 6. The number of rotatable bonds is 6. The summed E-state index contributed by atoms with van der Waals surface area (Å²) in [5, 5.41) is 3.83. The first kappa shape index (κ1) is 17.8. The number of amides is 1. The number of ether oxygens (including phenoxy) is 1. The molecule has 0 unspecified atom stereocenters. The normalized spacial score (nSPS) is 20.6. The Bertz CT molecular complexity index is 733. The molecule has 1 saturated heterocycles. The number of benzene rings is 1. The molecule has 1 fully saturated rings. The molecule has 0 bridgehead atoms. The van der Waals surface area contributed by atoms with Crippen LogP contribution in [0.3, 0.4) is 0 Å². The van der Waals surface area contributed by atoms with E-state index in [1.54, 1.807) is 18.4 Å². The second-order valence-corrected chi connectivity index (χ2v) is 7.28. The Kier molecular flexibility index (Phi) is 5.67. The predicted molar refractivity (Wildman–Crippen MR) is 99.6 cm³/mol. The summed E-state index contributed by atoms with van der Waals surface area (Å²) in [7, 11) is 1.66. The van der Waals surface area contributed by atoms with E-state index in [1.807, 2.05) is 37.4 Å². The summed E-state index contributed by atoms with van der Waals surface area (Å²) in [5.41, 5.74) is 7.07. The fraction of sp³-hybridized carbons (Fsp3) is 0.444. The van der Waals surface area contributed by atoms with Gasteiger partial charge in [-0.1, -0.05) is 12.1 Å². The average molecular weight is 360 g/mol. The minimum absolute atomic E-state index is 0.0363. The third-order valence-electron chi connectivity index (χ3n) is 4.34. The van der Waals surface area contributed by atoms with Gasteiger partial charge in [-0.25, -0.2) is 4.98 Å². The van der Waals surface area contributed by atoms with Crippen molar-refractivity contribution in [2.45, 2.75) is 32.0 Å². The van der Waals surface area contributed by atoms with E-state index in [0.717, 1.165) is 27.7 Å². The van der Waals surface area contributed by atoms with Gasteiger partial charge in [0.15, 0.2) is 0 Å². The molecule has 1 aliphatic rings. The Balaban J connectivity index is 1.75. The molecule has 1 aromatic carbocycles. The van der Waals surface area contributed by atoms with Crippen molar-refractivity contribution < 1.29 is 9.53 Å². The van der Waals surface area contributed by atoms with Gasteiger partial charge in [0.25, 0.3) is 0 Å². The zero-order valence-electron chi connectivity index (χ0n) is 14.6. The Morgan fingerprint density at radius 3 is 3.04 bits per heavy atom. The van der Waals surface area contributed by atoms with Crippen LogP contribution in [0, 0.1) is 0 Å². The number of carbonyl (C=O) groups is 1. The molecular formula is C18H24N4O2S. The molecule has 2 heterocycles. The lowest BCUT2D eigenvalue weighted by Crippen LogP contribution is -2.42. The lowest BCUT2D eigenvalue weighted by Gasteiger charge is -2.22. The summed E-state index contributed by atoms with van der Waals surface area (Å²) >= 11 is 1.63. The van der Waals surface area contributed by atoms with Crippen molar-refractivity contribution in [2.24, 2.45) is 5.73 Å². The SMILES string of the molecule is CCNC(=O)[C@@H]1C[C@H](N)CN1Cc1cnc(-c2ccccc2OC)s1. The number of hydrogen-bond donors (Lipinski definition) is 2. The highest BCUT2D eigenvalue weighted by molar-refractivity contribution is 7.15. The van der Waals surface area contributed by atoms with Crippen LogP contribution < -0.4 is 15.8 Å². The fourth-order valence-corrected chi connectivity index (χ4v) is 4.17. The number of carbonyl (C=O) groups excluding carboxylic acids is 1. The fourth-order valence-electron chi connectivity index (χ4n) is 3.21. The number of likely N-dealkylation sites (tertiary alicyclic amines) is 1. The van der Waals surface area contributed by atoms with E-state index in [9.17, 15) is 4.79 Å². The van der Waals surface area contributed by atoms with Gasteiger partial charge in [-0.15, -0.1) is 11.3 Å². The van der Waals surface area contributed by atoms with Gasteiger partial charge in [-0.2, -0.15) is 0 Å². The van der Waals surface area contributed by atoms with Gasteiger partial charge in [0.2, 0.25) is 5.91 Å².